The van der Waals surface area contributed by atoms with E-state index in [2.05, 4.69) is 0 Å². The van der Waals surface area contributed by atoms with Gasteiger partial charge >= 0.3 is 0 Å². The van der Waals surface area contributed by atoms with Crippen LogP contribution in [0.3, 0.4) is 0 Å². The van der Waals surface area contributed by atoms with Crippen molar-refractivity contribution >= 4 is 10.8 Å². The van der Waals surface area contributed by atoms with Gasteiger partial charge in [0.25, 0.3) is 0 Å². The highest BCUT2D eigenvalue weighted by molar-refractivity contribution is 5.88. The van der Waals surface area contributed by atoms with Gasteiger partial charge in [-0.1, -0.05) is 54.6 Å². The van der Waals surface area contributed by atoms with Gasteiger partial charge in [0.1, 0.15) is 11.5 Å². The van der Waals surface area contributed by atoms with Crippen molar-refractivity contribution in [1.29, 1.82) is 5.26 Å². The Labute approximate surface area is 122 Å². The van der Waals surface area contributed by atoms with Gasteiger partial charge in [0.05, 0.1) is 6.07 Å². The second-order valence-electron chi connectivity index (χ2n) is 4.65. The smallest absolute Gasteiger partial charge is 0.169 e. The molecule has 3 heteroatoms. The van der Waals surface area contributed by atoms with Crippen molar-refractivity contribution in [2.75, 3.05) is 0 Å². The number of rotatable bonds is 3. The van der Waals surface area contributed by atoms with Gasteiger partial charge in [-0.25, -0.2) is 0 Å². The van der Waals surface area contributed by atoms with E-state index in [0.29, 0.717) is 17.1 Å². The largest absolute Gasteiger partial charge is 0.456 e. The maximum atomic E-state index is 9.76. The Hall–Kier alpha value is -2.83. The molecule has 0 saturated carbocycles. The van der Waals surface area contributed by atoms with Crippen LogP contribution >= 0.6 is 0 Å². The zero-order valence-corrected chi connectivity index (χ0v) is 11.2. The summed E-state index contributed by atoms with van der Waals surface area (Å²) < 4.78 is 5.93. The Balaban J connectivity index is 2.06. The molecule has 0 spiro atoms. The Morgan fingerprint density at radius 3 is 2.38 bits per heavy atom. The standard InChI is InChI=1S/C18H13NO2/c19-12-16(20)15-9-3-4-10-18(15)21-17-11-5-7-13-6-1-2-8-14(13)17/h1-11,16,20H. The number of nitrogens with zero attached hydrogens (tertiary/aromatic N) is 1. The number of fused-ring (bicyclic) bond motifs is 1. The van der Waals surface area contributed by atoms with Crippen molar-refractivity contribution in [2.45, 2.75) is 6.10 Å². The minimum atomic E-state index is -1.20. The van der Waals surface area contributed by atoms with Gasteiger partial charge in [-0.2, -0.15) is 5.26 Å². The fourth-order valence-corrected chi connectivity index (χ4v) is 2.27. The summed E-state index contributed by atoms with van der Waals surface area (Å²) in [6.07, 6.45) is -1.20. The molecule has 0 aliphatic carbocycles. The lowest BCUT2D eigenvalue weighted by Crippen LogP contribution is -1.97. The molecule has 0 heterocycles. The Kier molecular flexibility index (Phi) is 3.55. The first-order valence-corrected chi connectivity index (χ1v) is 6.62. The van der Waals surface area contributed by atoms with E-state index in [1.165, 1.54) is 0 Å². The maximum absolute atomic E-state index is 9.76. The molecule has 0 aromatic heterocycles. The molecule has 3 aromatic rings. The quantitative estimate of drug-likeness (QED) is 0.729. The third-order valence-corrected chi connectivity index (χ3v) is 3.31. The average molecular weight is 275 g/mol. The molecule has 1 unspecified atom stereocenters. The molecule has 21 heavy (non-hydrogen) atoms. The van der Waals surface area contributed by atoms with Crippen molar-refractivity contribution in [3.05, 3.63) is 72.3 Å². The number of benzene rings is 3. The fourth-order valence-electron chi connectivity index (χ4n) is 2.27. The summed E-state index contributed by atoms with van der Waals surface area (Å²) in [5.74, 6) is 1.19. The van der Waals surface area contributed by atoms with E-state index >= 15 is 0 Å². The van der Waals surface area contributed by atoms with Crippen molar-refractivity contribution in [1.82, 2.24) is 0 Å². The van der Waals surface area contributed by atoms with E-state index in [-0.39, 0.29) is 0 Å². The van der Waals surface area contributed by atoms with Crippen molar-refractivity contribution < 1.29 is 9.84 Å². The second-order valence-corrected chi connectivity index (χ2v) is 4.65. The van der Waals surface area contributed by atoms with E-state index in [9.17, 15) is 5.11 Å². The molecule has 1 N–H and O–H groups in total. The average Bonchev–Trinajstić information content (AvgIpc) is 2.55. The Morgan fingerprint density at radius 1 is 0.857 bits per heavy atom. The van der Waals surface area contributed by atoms with E-state index in [1.807, 2.05) is 54.6 Å². The molecule has 0 radical (unpaired) electrons. The molecule has 0 aliphatic rings. The topological polar surface area (TPSA) is 53.2 Å². The van der Waals surface area contributed by atoms with E-state index in [0.717, 1.165) is 10.8 Å². The summed E-state index contributed by atoms with van der Waals surface area (Å²) >= 11 is 0. The Morgan fingerprint density at radius 2 is 1.52 bits per heavy atom. The zero-order valence-electron chi connectivity index (χ0n) is 11.2. The number of aliphatic hydroxyl groups is 1. The van der Waals surface area contributed by atoms with Gasteiger partial charge in [-0.15, -0.1) is 0 Å². The van der Waals surface area contributed by atoms with Gasteiger partial charge in [0.2, 0.25) is 0 Å². The first-order valence-electron chi connectivity index (χ1n) is 6.62. The molecule has 3 rings (SSSR count). The lowest BCUT2D eigenvalue weighted by atomic mass is 10.1. The number of hydrogen-bond donors (Lipinski definition) is 1. The molecule has 0 bridgehead atoms. The summed E-state index contributed by atoms with van der Waals surface area (Å²) in [6, 6.07) is 22.6. The fraction of sp³-hybridized carbons (Fsp3) is 0.0556. The van der Waals surface area contributed by atoms with E-state index in [4.69, 9.17) is 10.00 Å². The van der Waals surface area contributed by atoms with Crippen LogP contribution < -0.4 is 4.74 Å². The third kappa shape index (κ3) is 2.58. The van der Waals surface area contributed by atoms with Crippen molar-refractivity contribution in [3.8, 4) is 17.6 Å². The number of para-hydroxylation sites is 1. The number of aliphatic hydroxyl groups excluding tert-OH is 1. The van der Waals surface area contributed by atoms with E-state index < -0.39 is 6.10 Å². The highest BCUT2D eigenvalue weighted by atomic mass is 16.5. The van der Waals surface area contributed by atoms with Crippen LogP contribution in [0.15, 0.2) is 66.7 Å². The van der Waals surface area contributed by atoms with Crippen LogP contribution in [-0.2, 0) is 0 Å². The van der Waals surface area contributed by atoms with Crippen molar-refractivity contribution in [2.24, 2.45) is 0 Å². The Bertz CT molecular complexity index is 815. The highest BCUT2D eigenvalue weighted by Crippen LogP contribution is 2.33. The predicted molar refractivity (Wildman–Crippen MR) is 81.0 cm³/mol. The van der Waals surface area contributed by atoms with Crippen LogP contribution in [0.4, 0.5) is 0 Å². The van der Waals surface area contributed by atoms with Crippen LogP contribution in [0.5, 0.6) is 11.5 Å². The van der Waals surface area contributed by atoms with Crippen LogP contribution in [0, 0.1) is 11.3 Å². The SMILES string of the molecule is N#CC(O)c1ccccc1Oc1cccc2ccccc12. The van der Waals surface area contributed by atoms with Crippen LogP contribution in [0.1, 0.15) is 11.7 Å². The second kappa shape index (κ2) is 5.66. The minimum absolute atomic E-state index is 0.466. The lowest BCUT2D eigenvalue weighted by molar-refractivity contribution is 0.231. The summed E-state index contributed by atoms with van der Waals surface area (Å²) in [5.41, 5.74) is 0.466. The molecule has 3 nitrogen and oxygen atoms in total. The van der Waals surface area contributed by atoms with E-state index in [1.54, 1.807) is 18.2 Å². The van der Waals surface area contributed by atoms with Crippen LogP contribution in [0.25, 0.3) is 10.8 Å². The van der Waals surface area contributed by atoms with Crippen molar-refractivity contribution in [3.63, 3.8) is 0 Å². The molecule has 1 atom stereocenters. The highest BCUT2D eigenvalue weighted by Gasteiger charge is 2.13. The molecule has 0 amide bonds. The molecule has 0 aliphatic heterocycles. The first-order chi connectivity index (χ1) is 10.3. The first kappa shape index (κ1) is 13.2. The third-order valence-electron chi connectivity index (χ3n) is 3.31. The normalized spacial score (nSPS) is 11.8. The number of hydrogen-bond acceptors (Lipinski definition) is 3. The zero-order chi connectivity index (χ0) is 14.7. The predicted octanol–water partition coefficient (Wildman–Crippen LogP) is 4.19. The lowest BCUT2D eigenvalue weighted by Gasteiger charge is -2.13. The summed E-state index contributed by atoms with van der Waals surface area (Å²) in [4.78, 5) is 0. The number of ether oxygens (including phenoxy) is 1. The minimum Gasteiger partial charge on any atom is -0.456 e. The maximum Gasteiger partial charge on any atom is 0.169 e. The summed E-state index contributed by atoms with van der Waals surface area (Å²) in [7, 11) is 0. The molecule has 0 saturated heterocycles. The van der Waals surface area contributed by atoms with Crippen LogP contribution in [-0.4, -0.2) is 5.11 Å². The van der Waals surface area contributed by atoms with Gasteiger partial charge < -0.3 is 9.84 Å². The van der Waals surface area contributed by atoms with Gasteiger partial charge in [-0.05, 0) is 17.5 Å². The van der Waals surface area contributed by atoms with Gasteiger partial charge in [0, 0.05) is 10.9 Å². The summed E-state index contributed by atoms with van der Waals surface area (Å²) in [6.45, 7) is 0. The molecular weight excluding hydrogens is 262 g/mol. The molecule has 102 valence electrons. The molecule has 0 fully saturated rings. The monoisotopic (exact) mass is 275 g/mol. The summed E-state index contributed by atoms with van der Waals surface area (Å²) in [5, 5.41) is 20.7. The van der Waals surface area contributed by atoms with Crippen LogP contribution in [0.2, 0.25) is 0 Å². The molecule has 3 aromatic carbocycles. The number of nitriles is 1. The molecular formula is C18H13NO2. The van der Waals surface area contributed by atoms with Gasteiger partial charge in [0.15, 0.2) is 6.10 Å². The van der Waals surface area contributed by atoms with Gasteiger partial charge in [-0.3, -0.25) is 0 Å².